The molecule has 2 amide bonds. The fourth-order valence-corrected chi connectivity index (χ4v) is 2.97. The Morgan fingerprint density at radius 3 is 2.40 bits per heavy atom. The van der Waals surface area contributed by atoms with Gasteiger partial charge in [-0.05, 0) is 32.9 Å². The molecule has 1 aromatic rings. The summed E-state index contributed by atoms with van der Waals surface area (Å²) >= 11 is 0. The Hall–Kier alpha value is -1.89. The van der Waals surface area contributed by atoms with Crippen LogP contribution >= 0.6 is 0 Å². The molecule has 0 aliphatic carbocycles. The van der Waals surface area contributed by atoms with Gasteiger partial charge in [0, 0.05) is 6.04 Å². The zero-order valence-electron chi connectivity index (χ0n) is 11.6. The number of rotatable bonds is 3. The first kappa shape index (κ1) is 14.5. The Balaban J connectivity index is 2.38. The molecule has 1 aliphatic rings. The second-order valence-electron chi connectivity index (χ2n) is 4.92. The fraction of sp³-hybridized carbons (Fsp3) is 0.385. The van der Waals surface area contributed by atoms with E-state index in [1.54, 1.807) is 26.0 Å². The molecule has 0 aromatic heterocycles. The quantitative estimate of drug-likeness (QED) is 0.918. The van der Waals surface area contributed by atoms with Gasteiger partial charge >= 0.3 is 6.03 Å². The van der Waals surface area contributed by atoms with Gasteiger partial charge in [0.05, 0.1) is 11.4 Å². The van der Waals surface area contributed by atoms with Crippen LogP contribution in [0.2, 0.25) is 0 Å². The minimum atomic E-state index is -3.80. The largest absolute Gasteiger partial charge is 0.330 e. The number of nitrogens with one attached hydrogen (secondary N) is 1. The van der Waals surface area contributed by atoms with Crippen molar-refractivity contribution < 1.29 is 13.2 Å². The number of urea groups is 1. The van der Waals surface area contributed by atoms with Crippen LogP contribution in [0, 0.1) is 6.92 Å². The Morgan fingerprint density at radius 2 is 1.85 bits per heavy atom. The maximum absolute atomic E-state index is 12.2. The summed E-state index contributed by atoms with van der Waals surface area (Å²) < 4.78 is 28.2. The lowest BCUT2D eigenvalue weighted by Gasteiger charge is -2.19. The number of hydrogen-bond acceptors (Lipinski definition) is 3. The average Bonchev–Trinajstić information content (AvgIpc) is 2.70. The molecule has 7 heteroatoms. The molecule has 0 radical (unpaired) electrons. The average molecular weight is 295 g/mol. The van der Waals surface area contributed by atoms with Crippen molar-refractivity contribution in [3.63, 3.8) is 0 Å². The SMILES string of the molecule is Cc1ccc(S(=O)(=O)/N=C2/CNC(=O)N2C(C)C)cc1. The molecule has 0 saturated carbocycles. The summed E-state index contributed by atoms with van der Waals surface area (Å²) in [6, 6.07) is 5.98. The summed E-state index contributed by atoms with van der Waals surface area (Å²) in [5, 5.41) is 2.58. The van der Waals surface area contributed by atoms with Gasteiger partial charge in [-0.2, -0.15) is 8.42 Å². The number of carbonyl (C=O) groups excluding carboxylic acids is 1. The van der Waals surface area contributed by atoms with Gasteiger partial charge < -0.3 is 5.32 Å². The molecule has 0 unspecified atom stereocenters. The summed E-state index contributed by atoms with van der Waals surface area (Å²) in [6.07, 6.45) is 0. The van der Waals surface area contributed by atoms with Gasteiger partial charge in [0.25, 0.3) is 10.0 Å². The minimum Gasteiger partial charge on any atom is -0.330 e. The van der Waals surface area contributed by atoms with Gasteiger partial charge in [-0.3, -0.25) is 4.90 Å². The van der Waals surface area contributed by atoms with Gasteiger partial charge in [0.2, 0.25) is 0 Å². The Morgan fingerprint density at radius 1 is 1.25 bits per heavy atom. The van der Waals surface area contributed by atoms with Crippen molar-refractivity contribution in [2.75, 3.05) is 6.54 Å². The van der Waals surface area contributed by atoms with E-state index in [9.17, 15) is 13.2 Å². The van der Waals surface area contributed by atoms with Gasteiger partial charge in [-0.1, -0.05) is 17.7 Å². The zero-order chi connectivity index (χ0) is 14.9. The first-order valence-electron chi connectivity index (χ1n) is 6.29. The highest BCUT2D eigenvalue weighted by Gasteiger charge is 2.31. The smallest absolute Gasteiger partial charge is 0.323 e. The second kappa shape index (κ2) is 5.24. The normalized spacial score (nSPS) is 17.9. The molecule has 1 N–H and O–H groups in total. The van der Waals surface area contributed by atoms with E-state index in [0.717, 1.165) is 5.56 Å². The second-order valence-corrected chi connectivity index (χ2v) is 6.52. The maximum Gasteiger partial charge on any atom is 0.323 e. The van der Waals surface area contributed by atoms with Crippen LogP contribution in [0.4, 0.5) is 4.79 Å². The van der Waals surface area contributed by atoms with E-state index in [4.69, 9.17) is 0 Å². The van der Waals surface area contributed by atoms with Gasteiger partial charge in [0.1, 0.15) is 5.84 Å². The number of amidine groups is 1. The van der Waals surface area contributed by atoms with Crippen molar-refractivity contribution in [3.05, 3.63) is 29.8 Å². The van der Waals surface area contributed by atoms with Crippen LogP contribution in [0.5, 0.6) is 0 Å². The van der Waals surface area contributed by atoms with E-state index in [0.29, 0.717) is 0 Å². The first-order valence-corrected chi connectivity index (χ1v) is 7.73. The molecular formula is C13H17N3O3S. The van der Waals surface area contributed by atoms with Crippen LogP contribution in [0.25, 0.3) is 0 Å². The maximum atomic E-state index is 12.2. The molecule has 108 valence electrons. The van der Waals surface area contributed by atoms with Crippen LogP contribution in [-0.2, 0) is 10.0 Å². The van der Waals surface area contributed by atoms with Crippen LogP contribution in [0.1, 0.15) is 19.4 Å². The Labute approximate surface area is 118 Å². The molecule has 1 fully saturated rings. The number of nitrogens with zero attached hydrogens (tertiary/aromatic N) is 2. The number of benzene rings is 1. The van der Waals surface area contributed by atoms with E-state index < -0.39 is 10.0 Å². The molecule has 20 heavy (non-hydrogen) atoms. The Bertz CT molecular complexity index is 648. The monoisotopic (exact) mass is 295 g/mol. The molecule has 2 rings (SSSR count). The van der Waals surface area contributed by atoms with Crippen LogP contribution in [0.15, 0.2) is 33.6 Å². The molecule has 0 atom stereocenters. The summed E-state index contributed by atoms with van der Waals surface area (Å²) in [4.78, 5) is 13.1. The van der Waals surface area contributed by atoms with Crippen LogP contribution in [-0.4, -0.2) is 37.8 Å². The third-order valence-corrected chi connectivity index (χ3v) is 4.27. The molecule has 6 nitrogen and oxygen atoms in total. The minimum absolute atomic E-state index is 0.124. The number of amides is 2. The van der Waals surface area contributed by atoms with Crippen molar-refractivity contribution in [1.82, 2.24) is 10.2 Å². The third kappa shape index (κ3) is 2.82. The van der Waals surface area contributed by atoms with Gasteiger partial charge in [0.15, 0.2) is 0 Å². The van der Waals surface area contributed by atoms with Gasteiger partial charge in [-0.25, -0.2) is 4.79 Å². The lowest BCUT2D eigenvalue weighted by molar-refractivity contribution is 0.221. The molecule has 1 aromatic carbocycles. The highest BCUT2D eigenvalue weighted by atomic mass is 32.2. The summed E-state index contributed by atoms with van der Waals surface area (Å²) in [6.45, 7) is 5.61. The topological polar surface area (TPSA) is 78.8 Å². The summed E-state index contributed by atoms with van der Waals surface area (Å²) in [5.41, 5.74) is 0.970. The molecule has 1 aliphatic heterocycles. The number of hydrogen-bond donors (Lipinski definition) is 1. The highest BCUT2D eigenvalue weighted by molar-refractivity contribution is 7.90. The first-order chi connectivity index (χ1) is 9.31. The number of carbonyl (C=O) groups is 1. The van der Waals surface area contributed by atoms with E-state index in [1.165, 1.54) is 17.0 Å². The predicted molar refractivity (Wildman–Crippen MR) is 76.2 cm³/mol. The Kier molecular flexibility index (Phi) is 3.80. The molecular weight excluding hydrogens is 278 g/mol. The molecule has 1 heterocycles. The highest BCUT2D eigenvalue weighted by Crippen LogP contribution is 2.16. The number of aryl methyl sites for hydroxylation is 1. The summed E-state index contributed by atoms with van der Waals surface area (Å²) in [7, 11) is -3.80. The number of sulfonamides is 1. The lowest BCUT2D eigenvalue weighted by atomic mass is 10.2. The molecule has 0 spiro atoms. The van der Waals surface area contributed by atoms with E-state index in [-0.39, 0.29) is 29.3 Å². The molecule has 0 bridgehead atoms. The van der Waals surface area contributed by atoms with Crippen molar-refractivity contribution >= 4 is 21.9 Å². The van der Waals surface area contributed by atoms with Crippen LogP contribution < -0.4 is 5.32 Å². The van der Waals surface area contributed by atoms with E-state index >= 15 is 0 Å². The zero-order valence-corrected chi connectivity index (χ0v) is 12.4. The third-order valence-electron chi connectivity index (χ3n) is 2.96. The van der Waals surface area contributed by atoms with E-state index in [1.807, 2.05) is 6.92 Å². The van der Waals surface area contributed by atoms with Gasteiger partial charge in [-0.15, -0.1) is 4.40 Å². The predicted octanol–water partition coefficient (Wildman–Crippen LogP) is 1.52. The fourth-order valence-electron chi connectivity index (χ4n) is 1.95. The molecule has 1 saturated heterocycles. The van der Waals surface area contributed by atoms with Crippen molar-refractivity contribution in [2.45, 2.75) is 31.7 Å². The summed E-state index contributed by atoms with van der Waals surface area (Å²) in [5.74, 6) is 0.227. The van der Waals surface area contributed by atoms with Crippen molar-refractivity contribution in [3.8, 4) is 0 Å². The van der Waals surface area contributed by atoms with Crippen molar-refractivity contribution in [1.29, 1.82) is 0 Å². The standard InChI is InChI=1S/C13H17N3O3S/c1-9(2)16-12(8-14-13(16)17)15-20(18,19)11-6-4-10(3)5-7-11/h4-7,9H,8H2,1-3H3,(H,14,17)/b15-12-. The van der Waals surface area contributed by atoms with Crippen molar-refractivity contribution in [2.24, 2.45) is 4.40 Å². The van der Waals surface area contributed by atoms with Crippen LogP contribution in [0.3, 0.4) is 0 Å². The van der Waals surface area contributed by atoms with E-state index in [2.05, 4.69) is 9.71 Å². The lowest BCUT2D eigenvalue weighted by Crippen LogP contribution is -2.37.